The number of nitrogen functional groups attached to an aromatic ring is 1. The monoisotopic (exact) mass is 376 g/mol. The first-order chi connectivity index (χ1) is 11.0. The first-order valence-corrected chi connectivity index (χ1v) is 7.83. The Morgan fingerprint density at radius 3 is 2.61 bits per heavy atom. The van der Waals surface area contributed by atoms with Crippen molar-refractivity contribution in [3.63, 3.8) is 0 Å². The second-order valence-electron chi connectivity index (χ2n) is 5.01. The van der Waals surface area contributed by atoms with E-state index in [1.165, 1.54) is 0 Å². The van der Waals surface area contributed by atoms with Crippen LogP contribution in [0.1, 0.15) is 28.9 Å². The molecular weight excluding hydrogens is 360 g/mol. The molecule has 3 N–H and O–H groups in total. The minimum atomic E-state index is -0.633. The van der Waals surface area contributed by atoms with E-state index >= 15 is 0 Å². The largest absolute Gasteiger partial charge is 0.452 e. The van der Waals surface area contributed by atoms with Crippen LogP contribution in [0.3, 0.4) is 0 Å². The Bertz CT molecular complexity index is 704. The molecular formula is C17H17BrN2O3. The molecule has 0 aliphatic heterocycles. The SMILES string of the molecule is CC(NC(=O)COC(=O)c1cc(Br)ccc1N)c1ccccc1. The highest BCUT2D eigenvalue weighted by Gasteiger charge is 2.15. The lowest BCUT2D eigenvalue weighted by Gasteiger charge is -2.14. The maximum absolute atomic E-state index is 12.0. The molecule has 1 atom stereocenters. The molecule has 0 aliphatic rings. The van der Waals surface area contributed by atoms with Crippen LogP contribution in [0.25, 0.3) is 0 Å². The van der Waals surface area contributed by atoms with E-state index in [1.54, 1.807) is 18.2 Å². The number of carbonyl (C=O) groups is 2. The molecule has 0 bridgehead atoms. The summed E-state index contributed by atoms with van der Waals surface area (Å²) in [4.78, 5) is 23.9. The zero-order valence-corrected chi connectivity index (χ0v) is 14.2. The predicted molar refractivity (Wildman–Crippen MR) is 91.8 cm³/mol. The zero-order chi connectivity index (χ0) is 16.8. The van der Waals surface area contributed by atoms with Crippen LogP contribution in [0.15, 0.2) is 53.0 Å². The van der Waals surface area contributed by atoms with Gasteiger partial charge in [-0.05, 0) is 30.7 Å². The Morgan fingerprint density at radius 1 is 1.22 bits per heavy atom. The topological polar surface area (TPSA) is 81.4 Å². The van der Waals surface area contributed by atoms with Gasteiger partial charge in [0.1, 0.15) is 0 Å². The summed E-state index contributed by atoms with van der Waals surface area (Å²) in [6.07, 6.45) is 0. The van der Waals surface area contributed by atoms with Crippen molar-refractivity contribution in [2.75, 3.05) is 12.3 Å². The van der Waals surface area contributed by atoms with Gasteiger partial charge in [-0.2, -0.15) is 0 Å². The van der Waals surface area contributed by atoms with Crippen molar-refractivity contribution in [1.29, 1.82) is 0 Å². The first-order valence-electron chi connectivity index (χ1n) is 7.04. The number of halogens is 1. The Labute approximate surface area is 143 Å². The van der Waals surface area contributed by atoms with Crippen molar-refractivity contribution >= 4 is 33.5 Å². The third-order valence-electron chi connectivity index (χ3n) is 3.25. The van der Waals surface area contributed by atoms with Gasteiger partial charge in [-0.15, -0.1) is 0 Å². The number of nitrogens with one attached hydrogen (secondary N) is 1. The van der Waals surface area contributed by atoms with Crippen LogP contribution >= 0.6 is 15.9 Å². The second-order valence-corrected chi connectivity index (χ2v) is 5.92. The molecule has 2 aromatic rings. The summed E-state index contributed by atoms with van der Waals surface area (Å²) in [7, 11) is 0. The molecule has 6 heteroatoms. The van der Waals surface area contributed by atoms with Crippen LogP contribution in [0.5, 0.6) is 0 Å². The fourth-order valence-electron chi connectivity index (χ4n) is 2.02. The number of rotatable bonds is 5. The van der Waals surface area contributed by atoms with Gasteiger partial charge in [-0.25, -0.2) is 4.79 Å². The standard InChI is InChI=1S/C17H17BrN2O3/c1-11(12-5-3-2-4-6-12)20-16(21)10-23-17(22)14-9-13(18)7-8-15(14)19/h2-9,11H,10,19H2,1H3,(H,20,21). The van der Waals surface area contributed by atoms with Gasteiger partial charge in [0, 0.05) is 10.2 Å². The van der Waals surface area contributed by atoms with E-state index < -0.39 is 5.97 Å². The first kappa shape index (κ1) is 17.0. The van der Waals surface area contributed by atoms with Crippen LogP contribution in [0.4, 0.5) is 5.69 Å². The van der Waals surface area contributed by atoms with Crippen LogP contribution in [0.2, 0.25) is 0 Å². The van der Waals surface area contributed by atoms with E-state index in [2.05, 4.69) is 21.2 Å². The fraction of sp³-hybridized carbons (Fsp3) is 0.176. The van der Waals surface area contributed by atoms with E-state index in [-0.39, 0.29) is 24.1 Å². The molecule has 23 heavy (non-hydrogen) atoms. The smallest absolute Gasteiger partial charge is 0.340 e. The number of anilines is 1. The third-order valence-corrected chi connectivity index (χ3v) is 3.74. The summed E-state index contributed by atoms with van der Waals surface area (Å²) in [6.45, 7) is 1.50. The van der Waals surface area contributed by atoms with Crippen LogP contribution in [-0.4, -0.2) is 18.5 Å². The Kier molecular flexibility index (Phi) is 5.76. The summed E-state index contributed by atoms with van der Waals surface area (Å²) < 4.78 is 5.72. The fourth-order valence-corrected chi connectivity index (χ4v) is 2.38. The Balaban J connectivity index is 1.89. The molecule has 0 saturated carbocycles. The highest BCUT2D eigenvalue weighted by Crippen LogP contribution is 2.19. The molecule has 0 aromatic heterocycles. The lowest BCUT2D eigenvalue weighted by Crippen LogP contribution is -2.31. The van der Waals surface area contributed by atoms with Crippen molar-refractivity contribution in [2.45, 2.75) is 13.0 Å². The quantitative estimate of drug-likeness (QED) is 0.620. The minimum absolute atomic E-state index is 0.168. The number of amides is 1. The molecule has 5 nitrogen and oxygen atoms in total. The molecule has 0 fully saturated rings. The van der Waals surface area contributed by atoms with Crippen molar-refractivity contribution in [1.82, 2.24) is 5.32 Å². The lowest BCUT2D eigenvalue weighted by molar-refractivity contribution is -0.124. The molecule has 0 heterocycles. The summed E-state index contributed by atoms with van der Waals surface area (Å²) >= 11 is 3.26. The van der Waals surface area contributed by atoms with Gasteiger partial charge in [0.05, 0.1) is 11.6 Å². The predicted octanol–water partition coefficient (Wildman–Crippen LogP) is 3.07. The average Bonchev–Trinajstić information content (AvgIpc) is 2.55. The molecule has 0 aliphatic carbocycles. The van der Waals surface area contributed by atoms with Crippen LogP contribution in [0, 0.1) is 0 Å². The lowest BCUT2D eigenvalue weighted by atomic mass is 10.1. The average molecular weight is 377 g/mol. The highest BCUT2D eigenvalue weighted by atomic mass is 79.9. The molecule has 0 spiro atoms. The van der Waals surface area contributed by atoms with Crippen LogP contribution < -0.4 is 11.1 Å². The summed E-state index contributed by atoms with van der Waals surface area (Å²) in [5.74, 6) is -1.01. The number of benzene rings is 2. The van der Waals surface area contributed by atoms with Gasteiger partial charge in [-0.1, -0.05) is 46.3 Å². The number of hydrogen-bond acceptors (Lipinski definition) is 4. The maximum Gasteiger partial charge on any atom is 0.340 e. The number of esters is 1. The van der Waals surface area contributed by atoms with Gasteiger partial charge in [0.15, 0.2) is 6.61 Å². The van der Waals surface area contributed by atoms with E-state index in [1.807, 2.05) is 37.3 Å². The summed E-state index contributed by atoms with van der Waals surface area (Å²) in [5, 5.41) is 2.77. The second kappa shape index (κ2) is 7.78. The van der Waals surface area contributed by atoms with Crippen molar-refractivity contribution in [3.05, 3.63) is 64.1 Å². The molecule has 1 unspecified atom stereocenters. The van der Waals surface area contributed by atoms with Gasteiger partial charge in [-0.3, -0.25) is 4.79 Å². The molecule has 0 saturated heterocycles. The number of carbonyl (C=O) groups excluding carboxylic acids is 2. The van der Waals surface area contributed by atoms with E-state index in [0.29, 0.717) is 10.2 Å². The van der Waals surface area contributed by atoms with Crippen molar-refractivity contribution in [3.8, 4) is 0 Å². The van der Waals surface area contributed by atoms with Crippen LogP contribution in [-0.2, 0) is 9.53 Å². The zero-order valence-electron chi connectivity index (χ0n) is 12.6. The molecule has 0 radical (unpaired) electrons. The van der Waals surface area contributed by atoms with E-state index in [0.717, 1.165) is 5.56 Å². The summed E-state index contributed by atoms with van der Waals surface area (Å²) in [5.41, 5.74) is 7.23. The Hall–Kier alpha value is -2.34. The Morgan fingerprint density at radius 2 is 1.91 bits per heavy atom. The van der Waals surface area contributed by atoms with Gasteiger partial charge >= 0.3 is 5.97 Å². The minimum Gasteiger partial charge on any atom is -0.452 e. The summed E-state index contributed by atoms with van der Waals surface area (Å²) in [6, 6.07) is 14.2. The molecule has 1 amide bonds. The number of nitrogens with two attached hydrogens (primary N) is 1. The normalized spacial score (nSPS) is 11.6. The third kappa shape index (κ3) is 4.82. The molecule has 120 valence electrons. The highest BCUT2D eigenvalue weighted by molar-refractivity contribution is 9.10. The van der Waals surface area contributed by atoms with Gasteiger partial charge < -0.3 is 15.8 Å². The van der Waals surface area contributed by atoms with Gasteiger partial charge in [0.25, 0.3) is 5.91 Å². The van der Waals surface area contributed by atoms with Gasteiger partial charge in [0.2, 0.25) is 0 Å². The van der Waals surface area contributed by atoms with E-state index in [4.69, 9.17) is 10.5 Å². The van der Waals surface area contributed by atoms with Crippen molar-refractivity contribution in [2.24, 2.45) is 0 Å². The molecule has 2 aromatic carbocycles. The number of hydrogen-bond donors (Lipinski definition) is 2. The van der Waals surface area contributed by atoms with E-state index in [9.17, 15) is 9.59 Å². The molecule has 2 rings (SSSR count). The number of ether oxygens (including phenoxy) is 1. The maximum atomic E-state index is 12.0. The van der Waals surface area contributed by atoms with Crippen molar-refractivity contribution < 1.29 is 14.3 Å².